The number of benzene rings is 1. The van der Waals surface area contributed by atoms with Crippen molar-refractivity contribution in [3.05, 3.63) is 39.9 Å². The average molecular weight is 276 g/mol. The summed E-state index contributed by atoms with van der Waals surface area (Å²) >= 11 is 0. The quantitative estimate of drug-likeness (QED) is 0.647. The van der Waals surface area contributed by atoms with Crippen molar-refractivity contribution in [2.75, 3.05) is 0 Å². The first-order valence-corrected chi connectivity index (χ1v) is 7.58. The van der Waals surface area contributed by atoms with Gasteiger partial charge in [0.2, 0.25) is 0 Å². The van der Waals surface area contributed by atoms with Crippen LogP contribution in [0.1, 0.15) is 57.6 Å². The molecule has 0 heterocycles. The van der Waals surface area contributed by atoms with Gasteiger partial charge in [0.15, 0.2) is 0 Å². The number of nitro benzene ring substituents is 1. The van der Waals surface area contributed by atoms with Crippen molar-refractivity contribution in [3.63, 3.8) is 0 Å². The molecule has 20 heavy (non-hydrogen) atoms. The highest BCUT2D eigenvalue weighted by molar-refractivity contribution is 5.35. The zero-order chi connectivity index (χ0) is 14.5. The monoisotopic (exact) mass is 276 g/mol. The van der Waals surface area contributed by atoms with Gasteiger partial charge in [0.05, 0.1) is 4.92 Å². The van der Waals surface area contributed by atoms with Crippen LogP contribution in [0.3, 0.4) is 0 Å². The number of hydrogen-bond acceptors (Lipinski definition) is 3. The molecule has 1 saturated carbocycles. The van der Waals surface area contributed by atoms with E-state index in [1.165, 1.54) is 32.1 Å². The summed E-state index contributed by atoms with van der Waals surface area (Å²) in [6.45, 7) is 4.32. The minimum atomic E-state index is -0.333. The van der Waals surface area contributed by atoms with Crippen molar-refractivity contribution >= 4 is 5.69 Å². The number of rotatable bonds is 5. The number of nitrogens with one attached hydrogen (secondary N) is 1. The lowest BCUT2D eigenvalue weighted by Crippen LogP contribution is -2.36. The fourth-order valence-corrected chi connectivity index (χ4v) is 3.17. The van der Waals surface area contributed by atoms with E-state index in [0.29, 0.717) is 6.04 Å². The van der Waals surface area contributed by atoms with Gasteiger partial charge in [-0.05, 0) is 38.2 Å². The Balaban J connectivity index is 1.98. The molecule has 0 amide bonds. The van der Waals surface area contributed by atoms with Crippen molar-refractivity contribution in [3.8, 4) is 0 Å². The summed E-state index contributed by atoms with van der Waals surface area (Å²) in [6, 6.07) is 7.54. The molecule has 2 rings (SSSR count). The third kappa shape index (κ3) is 3.79. The van der Waals surface area contributed by atoms with Crippen molar-refractivity contribution in [2.24, 2.45) is 5.92 Å². The van der Waals surface area contributed by atoms with Crippen molar-refractivity contribution in [1.29, 1.82) is 0 Å². The maximum atomic E-state index is 10.8. The number of nitrogens with zero attached hydrogens (tertiary/aromatic N) is 1. The highest BCUT2D eigenvalue weighted by atomic mass is 16.6. The molecule has 4 nitrogen and oxygen atoms in total. The Morgan fingerprint density at radius 3 is 2.60 bits per heavy atom. The van der Waals surface area contributed by atoms with Crippen LogP contribution < -0.4 is 5.32 Å². The molecule has 0 spiro atoms. The predicted molar refractivity (Wildman–Crippen MR) is 80.7 cm³/mol. The molecule has 0 aliphatic heterocycles. The Labute approximate surface area is 120 Å². The van der Waals surface area contributed by atoms with E-state index < -0.39 is 0 Å². The van der Waals surface area contributed by atoms with Crippen LogP contribution in [0.2, 0.25) is 0 Å². The maximum absolute atomic E-state index is 10.8. The normalized spacial score (nSPS) is 19.5. The maximum Gasteiger partial charge on any atom is 0.269 e. The molecular weight excluding hydrogens is 252 g/mol. The van der Waals surface area contributed by atoms with Gasteiger partial charge in [-0.1, -0.05) is 31.4 Å². The lowest BCUT2D eigenvalue weighted by molar-refractivity contribution is -0.384. The van der Waals surface area contributed by atoms with Crippen molar-refractivity contribution in [1.82, 2.24) is 5.32 Å². The molecule has 1 fully saturated rings. The fraction of sp³-hybridized carbons (Fsp3) is 0.625. The molecule has 0 saturated heterocycles. The van der Waals surface area contributed by atoms with Crippen LogP contribution in [0.25, 0.3) is 0 Å². The third-order valence-electron chi connectivity index (χ3n) is 4.45. The number of nitro groups is 1. The second kappa shape index (κ2) is 6.84. The summed E-state index contributed by atoms with van der Waals surface area (Å²) < 4.78 is 0. The number of hydrogen-bond donors (Lipinski definition) is 1. The first-order chi connectivity index (χ1) is 9.58. The molecule has 0 aromatic heterocycles. The van der Waals surface area contributed by atoms with Gasteiger partial charge in [-0.25, -0.2) is 0 Å². The van der Waals surface area contributed by atoms with Gasteiger partial charge in [0, 0.05) is 24.2 Å². The van der Waals surface area contributed by atoms with Gasteiger partial charge in [-0.3, -0.25) is 10.1 Å². The number of non-ortho nitro benzene ring substituents is 1. The molecule has 1 aliphatic carbocycles. The van der Waals surface area contributed by atoms with E-state index in [9.17, 15) is 10.1 Å². The summed E-state index contributed by atoms with van der Waals surface area (Å²) in [5, 5.41) is 14.4. The Bertz CT molecular complexity index is 456. The Morgan fingerprint density at radius 1 is 1.25 bits per heavy atom. The van der Waals surface area contributed by atoms with E-state index in [0.717, 1.165) is 11.5 Å². The second-order valence-electron chi connectivity index (χ2n) is 5.93. The Kier molecular flexibility index (Phi) is 5.12. The van der Waals surface area contributed by atoms with Crippen LogP contribution in [0.5, 0.6) is 0 Å². The first kappa shape index (κ1) is 15.0. The van der Waals surface area contributed by atoms with Gasteiger partial charge < -0.3 is 5.32 Å². The summed E-state index contributed by atoms with van der Waals surface area (Å²) in [4.78, 5) is 10.5. The van der Waals surface area contributed by atoms with E-state index in [-0.39, 0.29) is 16.7 Å². The summed E-state index contributed by atoms with van der Waals surface area (Å²) in [6.07, 6.45) is 6.64. The zero-order valence-electron chi connectivity index (χ0n) is 12.3. The molecule has 0 bridgehead atoms. The molecule has 1 unspecified atom stereocenters. The Morgan fingerprint density at radius 2 is 1.95 bits per heavy atom. The predicted octanol–water partition coefficient (Wildman–Crippen LogP) is 4.21. The van der Waals surface area contributed by atoms with E-state index in [1.54, 1.807) is 18.2 Å². The molecule has 1 aromatic carbocycles. The SMILES string of the molecule is CC(N[C@H](C)C1CCCCC1)c1cccc([N+](=O)[O-])c1. The van der Waals surface area contributed by atoms with Gasteiger partial charge >= 0.3 is 0 Å². The van der Waals surface area contributed by atoms with E-state index in [4.69, 9.17) is 0 Å². The molecule has 2 atom stereocenters. The highest BCUT2D eigenvalue weighted by Crippen LogP contribution is 2.28. The van der Waals surface area contributed by atoms with Crippen molar-refractivity contribution in [2.45, 2.75) is 58.0 Å². The fourth-order valence-electron chi connectivity index (χ4n) is 3.17. The molecule has 0 radical (unpaired) electrons. The summed E-state index contributed by atoms with van der Waals surface area (Å²) in [5.74, 6) is 0.741. The largest absolute Gasteiger partial charge is 0.307 e. The van der Waals surface area contributed by atoms with Crippen LogP contribution >= 0.6 is 0 Å². The summed E-state index contributed by atoms with van der Waals surface area (Å²) in [5.41, 5.74) is 1.16. The topological polar surface area (TPSA) is 55.2 Å². The van der Waals surface area contributed by atoms with Crippen molar-refractivity contribution < 1.29 is 4.92 Å². The molecule has 1 aliphatic rings. The lowest BCUT2D eigenvalue weighted by atomic mass is 9.84. The molecule has 4 heteroatoms. The minimum absolute atomic E-state index is 0.145. The van der Waals surface area contributed by atoms with E-state index >= 15 is 0 Å². The van der Waals surface area contributed by atoms with E-state index in [1.807, 2.05) is 6.07 Å². The molecular formula is C16H24N2O2. The second-order valence-corrected chi connectivity index (χ2v) is 5.93. The highest BCUT2D eigenvalue weighted by Gasteiger charge is 2.22. The summed E-state index contributed by atoms with van der Waals surface area (Å²) in [7, 11) is 0. The molecule has 1 aromatic rings. The Hall–Kier alpha value is -1.42. The van der Waals surface area contributed by atoms with Gasteiger partial charge in [0.1, 0.15) is 0 Å². The van der Waals surface area contributed by atoms with Crippen LogP contribution in [-0.4, -0.2) is 11.0 Å². The zero-order valence-corrected chi connectivity index (χ0v) is 12.3. The lowest BCUT2D eigenvalue weighted by Gasteiger charge is -2.30. The molecule has 1 N–H and O–H groups in total. The van der Waals surface area contributed by atoms with Gasteiger partial charge in [-0.15, -0.1) is 0 Å². The van der Waals surface area contributed by atoms with Gasteiger partial charge in [-0.2, -0.15) is 0 Å². The molecule has 110 valence electrons. The van der Waals surface area contributed by atoms with E-state index in [2.05, 4.69) is 19.2 Å². The minimum Gasteiger partial charge on any atom is -0.307 e. The van der Waals surface area contributed by atoms with Crippen LogP contribution in [0, 0.1) is 16.0 Å². The average Bonchev–Trinajstić information content (AvgIpc) is 2.48. The first-order valence-electron chi connectivity index (χ1n) is 7.58. The van der Waals surface area contributed by atoms with Crippen LogP contribution in [0.4, 0.5) is 5.69 Å². The van der Waals surface area contributed by atoms with Gasteiger partial charge in [0.25, 0.3) is 5.69 Å². The van der Waals surface area contributed by atoms with Crippen LogP contribution in [0.15, 0.2) is 24.3 Å². The van der Waals surface area contributed by atoms with Crippen LogP contribution in [-0.2, 0) is 0 Å². The standard InChI is InChI=1S/C16H24N2O2/c1-12(14-7-4-3-5-8-14)17-13(2)15-9-6-10-16(11-15)18(19)20/h6,9-14,17H,3-5,7-8H2,1-2H3/t12-,13?/m1/s1. The third-order valence-corrected chi connectivity index (χ3v) is 4.45. The smallest absolute Gasteiger partial charge is 0.269 e.